The highest BCUT2D eigenvalue weighted by atomic mass is 35.5. The molecule has 1 unspecified atom stereocenters. The summed E-state index contributed by atoms with van der Waals surface area (Å²) in [5, 5.41) is 3.42. The number of anilines is 2. The number of halogens is 1. The SMILES string of the molecule is Cc1cccc(OCC(=O)Nc2ccc3c(c2)N(Cc2ccccc2Cl)C(=O)C(C)O3)c1C. The molecule has 2 amide bonds. The number of ether oxygens (including phenoxy) is 2. The molecule has 1 atom stereocenters. The fraction of sp³-hybridized carbons (Fsp3) is 0.231. The van der Waals surface area contributed by atoms with Gasteiger partial charge in [-0.1, -0.05) is 41.9 Å². The van der Waals surface area contributed by atoms with Crippen LogP contribution >= 0.6 is 11.6 Å². The number of carbonyl (C=O) groups is 2. The number of fused-ring (bicyclic) bond motifs is 1. The standard InChI is InChI=1S/C26H25ClN2O4/c1-16-7-6-10-23(17(16)2)32-15-25(30)28-20-11-12-24-22(13-20)29(26(31)18(3)33-24)14-19-8-4-5-9-21(19)27/h4-13,18H,14-15H2,1-3H3,(H,28,30). The van der Waals surface area contributed by atoms with Crippen LogP contribution in [0.3, 0.4) is 0 Å². The van der Waals surface area contributed by atoms with Crippen molar-refractivity contribution >= 4 is 34.8 Å². The number of aryl methyl sites for hydroxylation is 1. The molecule has 33 heavy (non-hydrogen) atoms. The number of nitrogens with zero attached hydrogens (tertiary/aromatic N) is 1. The minimum Gasteiger partial charge on any atom is -0.483 e. The Morgan fingerprint density at radius 3 is 2.70 bits per heavy atom. The molecule has 3 aromatic carbocycles. The van der Waals surface area contributed by atoms with Crippen molar-refractivity contribution in [3.63, 3.8) is 0 Å². The Balaban J connectivity index is 1.51. The van der Waals surface area contributed by atoms with Crippen LogP contribution in [-0.2, 0) is 16.1 Å². The third-order valence-corrected chi connectivity index (χ3v) is 6.02. The lowest BCUT2D eigenvalue weighted by atomic mass is 10.1. The summed E-state index contributed by atoms with van der Waals surface area (Å²) in [5.74, 6) is 0.766. The van der Waals surface area contributed by atoms with E-state index in [0.717, 1.165) is 16.7 Å². The van der Waals surface area contributed by atoms with Crippen LogP contribution in [0.5, 0.6) is 11.5 Å². The summed E-state index contributed by atoms with van der Waals surface area (Å²) >= 11 is 6.32. The average molecular weight is 465 g/mol. The van der Waals surface area contributed by atoms with E-state index >= 15 is 0 Å². The van der Waals surface area contributed by atoms with Crippen molar-refractivity contribution in [3.8, 4) is 11.5 Å². The molecule has 4 rings (SSSR count). The van der Waals surface area contributed by atoms with Crippen LogP contribution in [0.25, 0.3) is 0 Å². The van der Waals surface area contributed by atoms with Crippen LogP contribution < -0.4 is 19.7 Å². The second-order valence-corrected chi connectivity index (χ2v) is 8.40. The molecule has 0 saturated carbocycles. The molecule has 7 heteroatoms. The van der Waals surface area contributed by atoms with Gasteiger partial charge in [-0.2, -0.15) is 0 Å². The minimum absolute atomic E-state index is 0.128. The average Bonchev–Trinajstić information content (AvgIpc) is 2.79. The van der Waals surface area contributed by atoms with Crippen molar-refractivity contribution in [1.82, 2.24) is 0 Å². The first-order valence-corrected chi connectivity index (χ1v) is 11.1. The van der Waals surface area contributed by atoms with Crippen molar-refractivity contribution in [2.45, 2.75) is 33.4 Å². The Bertz CT molecular complexity index is 1210. The molecule has 0 aliphatic carbocycles. The molecule has 0 saturated heterocycles. The summed E-state index contributed by atoms with van der Waals surface area (Å²) in [6, 6.07) is 18.3. The first kappa shape index (κ1) is 22.7. The lowest BCUT2D eigenvalue weighted by Gasteiger charge is -2.33. The molecule has 6 nitrogen and oxygen atoms in total. The van der Waals surface area contributed by atoms with E-state index in [2.05, 4.69) is 5.32 Å². The Morgan fingerprint density at radius 2 is 1.91 bits per heavy atom. The zero-order valence-electron chi connectivity index (χ0n) is 18.7. The van der Waals surface area contributed by atoms with Crippen molar-refractivity contribution in [2.24, 2.45) is 0 Å². The third kappa shape index (κ3) is 4.96. The molecule has 0 spiro atoms. The van der Waals surface area contributed by atoms with Gasteiger partial charge in [-0.05, 0) is 67.8 Å². The maximum Gasteiger partial charge on any atom is 0.268 e. The fourth-order valence-corrected chi connectivity index (χ4v) is 3.86. The summed E-state index contributed by atoms with van der Waals surface area (Å²) in [6.45, 7) is 5.83. The molecule has 1 heterocycles. The topological polar surface area (TPSA) is 67.9 Å². The van der Waals surface area contributed by atoms with Crippen molar-refractivity contribution in [1.29, 1.82) is 0 Å². The number of hydrogen-bond donors (Lipinski definition) is 1. The zero-order valence-corrected chi connectivity index (χ0v) is 19.5. The highest BCUT2D eigenvalue weighted by Crippen LogP contribution is 2.37. The van der Waals surface area contributed by atoms with Crippen LogP contribution in [0.2, 0.25) is 5.02 Å². The number of rotatable bonds is 6. The van der Waals surface area contributed by atoms with E-state index < -0.39 is 6.10 Å². The Morgan fingerprint density at radius 1 is 1.12 bits per heavy atom. The molecule has 0 fully saturated rings. The van der Waals surface area contributed by atoms with Crippen LogP contribution in [-0.4, -0.2) is 24.5 Å². The first-order chi connectivity index (χ1) is 15.8. The van der Waals surface area contributed by atoms with Gasteiger partial charge in [0.05, 0.1) is 12.2 Å². The second kappa shape index (κ2) is 9.55. The zero-order chi connectivity index (χ0) is 23.5. The molecule has 3 aromatic rings. The number of benzene rings is 3. The van der Waals surface area contributed by atoms with Crippen LogP contribution in [0, 0.1) is 13.8 Å². The smallest absolute Gasteiger partial charge is 0.268 e. The molecule has 1 aliphatic rings. The molecular formula is C26H25ClN2O4. The highest BCUT2D eigenvalue weighted by molar-refractivity contribution is 6.31. The lowest BCUT2D eigenvalue weighted by Crippen LogP contribution is -2.44. The van der Waals surface area contributed by atoms with Crippen LogP contribution in [0.15, 0.2) is 60.7 Å². The van der Waals surface area contributed by atoms with E-state index in [1.54, 1.807) is 36.1 Å². The van der Waals surface area contributed by atoms with Gasteiger partial charge in [-0.3, -0.25) is 9.59 Å². The summed E-state index contributed by atoms with van der Waals surface area (Å²) < 4.78 is 11.5. The van der Waals surface area contributed by atoms with E-state index in [1.807, 2.05) is 50.2 Å². The Labute approximate surface area is 198 Å². The number of amides is 2. The number of nitrogens with one attached hydrogen (secondary N) is 1. The van der Waals surface area contributed by atoms with Gasteiger partial charge >= 0.3 is 0 Å². The van der Waals surface area contributed by atoms with Gasteiger partial charge in [0.25, 0.3) is 11.8 Å². The molecule has 0 aromatic heterocycles. The minimum atomic E-state index is -0.619. The summed E-state index contributed by atoms with van der Waals surface area (Å²) in [5.41, 5.74) is 4.04. The molecule has 0 radical (unpaired) electrons. The Hall–Kier alpha value is -3.51. The normalized spacial score (nSPS) is 15.0. The fourth-order valence-electron chi connectivity index (χ4n) is 3.67. The predicted octanol–water partition coefficient (Wildman–Crippen LogP) is 5.29. The van der Waals surface area contributed by atoms with Gasteiger partial charge in [-0.25, -0.2) is 0 Å². The molecule has 1 aliphatic heterocycles. The number of carbonyl (C=O) groups excluding carboxylic acids is 2. The predicted molar refractivity (Wildman–Crippen MR) is 129 cm³/mol. The molecule has 0 bridgehead atoms. The summed E-state index contributed by atoms with van der Waals surface area (Å²) in [7, 11) is 0. The van der Waals surface area contributed by atoms with Crippen molar-refractivity contribution < 1.29 is 19.1 Å². The quantitative estimate of drug-likeness (QED) is 0.538. The summed E-state index contributed by atoms with van der Waals surface area (Å²) in [6.07, 6.45) is -0.619. The maximum atomic E-state index is 12.9. The Kier molecular flexibility index (Phi) is 6.56. The van der Waals surface area contributed by atoms with E-state index in [9.17, 15) is 9.59 Å². The summed E-state index contributed by atoms with van der Waals surface area (Å²) in [4.78, 5) is 27.1. The van der Waals surface area contributed by atoms with Crippen molar-refractivity contribution in [3.05, 3.63) is 82.4 Å². The molecule has 170 valence electrons. The monoisotopic (exact) mass is 464 g/mol. The lowest BCUT2D eigenvalue weighted by molar-refractivity contribution is -0.125. The number of hydrogen-bond acceptors (Lipinski definition) is 4. The van der Waals surface area contributed by atoms with E-state index in [1.165, 1.54) is 0 Å². The molecule has 1 N–H and O–H groups in total. The van der Waals surface area contributed by atoms with Crippen molar-refractivity contribution in [2.75, 3.05) is 16.8 Å². The largest absolute Gasteiger partial charge is 0.483 e. The van der Waals surface area contributed by atoms with Gasteiger partial charge < -0.3 is 19.7 Å². The van der Waals surface area contributed by atoms with Gasteiger partial charge in [0.1, 0.15) is 11.5 Å². The third-order valence-electron chi connectivity index (χ3n) is 5.65. The maximum absolute atomic E-state index is 12.9. The van der Waals surface area contributed by atoms with Gasteiger partial charge in [0, 0.05) is 10.7 Å². The van der Waals surface area contributed by atoms with Crippen LogP contribution in [0.4, 0.5) is 11.4 Å². The highest BCUT2D eigenvalue weighted by Gasteiger charge is 2.32. The molecular weight excluding hydrogens is 440 g/mol. The van der Waals surface area contributed by atoms with E-state index in [-0.39, 0.29) is 18.4 Å². The van der Waals surface area contributed by atoms with Gasteiger partial charge in [0.2, 0.25) is 0 Å². The van der Waals surface area contributed by atoms with E-state index in [4.69, 9.17) is 21.1 Å². The van der Waals surface area contributed by atoms with Gasteiger partial charge in [0.15, 0.2) is 12.7 Å². The van der Waals surface area contributed by atoms with Gasteiger partial charge in [-0.15, -0.1) is 0 Å². The second-order valence-electron chi connectivity index (χ2n) is 7.99. The van der Waals surface area contributed by atoms with E-state index in [0.29, 0.717) is 34.4 Å². The van der Waals surface area contributed by atoms with Crippen LogP contribution in [0.1, 0.15) is 23.6 Å². The first-order valence-electron chi connectivity index (χ1n) is 10.7.